The first-order chi connectivity index (χ1) is 10.2. The highest BCUT2D eigenvalue weighted by Crippen LogP contribution is 2.28. The number of likely N-dealkylation sites (tertiary alicyclic amines) is 1. The summed E-state index contributed by atoms with van der Waals surface area (Å²) < 4.78 is 0. The maximum atomic E-state index is 8.88. The number of imidazole rings is 1. The van der Waals surface area contributed by atoms with E-state index in [2.05, 4.69) is 48.0 Å². The number of aryl methyl sites for hydroxylation is 1. The summed E-state index contributed by atoms with van der Waals surface area (Å²) in [5.74, 6) is 1.55. The number of hydrogen-bond acceptors (Lipinski definition) is 3. The highest BCUT2D eigenvalue weighted by atomic mass is 15.2. The molecular formula is C17H22N4. The molecule has 1 fully saturated rings. The van der Waals surface area contributed by atoms with E-state index in [4.69, 9.17) is 10.2 Å². The highest BCUT2D eigenvalue weighted by Gasteiger charge is 2.26. The minimum absolute atomic E-state index is 0.337. The molecule has 0 saturated carbocycles. The molecule has 1 aliphatic rings. The van der Waals surface area contributed by atoms with Crippen LogP contribution in [0.4, 0.5) is 0 Å². The van der Waals surface area contributed by atoms with Gasteiger partial charge >= 0.3 is 0 Å². The molecule has 1 aliphatic heterocycles. The Morgan fingerprint density at radius 3 is 3.19 bits per heavy atom. The van der Waals surface area contributed by atoms with E-state index in [1.54, 1.807) is 0 Å². The van der Waals surface area contributed by atoms with Crippen LogP contribution in [0.2, 0.25) is 0 Å². The number of aromatic amines is 1. The number of fused-ring (bicyclic) bond motifs is 1. The largest absolute Gasteiger partial charge is 0.342 e. The van der Waals surface area contributed by atoms with E-state index in [0.29, 0.717) is 18.4 Å². The van der Waals surface area contributed by atoms with Crippen LogP contribution in [-0.2, 0) is 0 Å². The second-order valence-electron chi connectivity index (χ2n) is 6.19. The van der Waals surface area contributed by atoms with Crippen molar-refractivity contribution in [2.45, 2.75) is 45.1 Å². The molecule has 0 unspecified atom stereocenters. The number of piperidine rings is 1. The van der Waals surface area contributed by atoms with Crippen molar-refractivity contribution in [2.75, 3.05) is 13.1 Å². The van der Waals surface area contributed by atoms with E-state index in [-0.39, 0.29) is 0 Å². The van der Waals surface area contributed by atoms with Gasteiger partial charge in [0, 0.05) is 18.5 Å². The topological polar surface area (TPSA) is 55.7 Å². The predicted octanol–water partition coefficient (Wildman–Crippen LogP) is 3.35. The fraction of sp³-hybridized carbons (Fsp3) is 0.529. The molecule has 1 aromatic heterocycles. The third kappa shape index (κ3) is 2.93. The molecule has 0 amide bonds. The second-order valence-corrected chi connectivity index (χ2v) is 6.19. The van der Waals surface area contributed by atoms with Gasteiger partial charge in [-0.05, 0) is 50.9 Å². The van der Waals surface area contributed by atoms with E-state index in [1.807, 2.05) is 0 Å². The quantitative estimate of drug-likeness (QED) is 0.939. The zero-order chi connectivity index (χ0) is 14.8. The first kappa shape index (κ1) is 14.1. The third-order valence-corrected chi connectivity index (χ3v) is 4.51. The van der Waals surface area contributed by atoms with E-state index in [9.17, 15) is 0 Å². The lowest BCUT2D eigenvalue weighted by Crippen LogP contribution is -2.40. The molecule has 2 aromatic rings. The molecule has 0 aliphatic carbocycles. The summed E-state index contributed by atoms with van der Waals surface area (Å²) in [6.45, 7) is 6.35. The minimum Gasteiger partial charge on any atom is -0.342 e. The summed E-state index contributed by atoms with van der Waals surface area (Å²) in [5, 5.41) is 8.88. The lowest BCUT2D eigenvalue weighted by Gasteiger charge is -2.35. The van der Waals surface area contributed by atoms with Crippen LogP contribution in [0.3, 0.4) is 0 Å². The Hall–Kier alpha value is -1.86. The number of rotatable bonds is 3. The molecule has 21 heavy (non-hydrogen) atoms. The Morgan fingerprint density at radius 1 is 1.52 bits per heavy atom. The van der Waals surface area contributed by atoms with E-state index >= 15 is 0 Å². The van der Waals surface area contributed by atoms with Crippen LogP contribution in [0.25, 0.3) is 11.0 Å². The molecule has 3 rings (SSSR count). The minimum atomic E-state index is 0.337. The summed E-state index contributed by atoms with van der Waals surface area (Å²) in [6, 6.07) is 8.97. The fourth-order valence-corrected chi connectivity index (χ4v) is 3.23. The molecule has 1 N–H and O–H groups in total. The smallest absolute Gasteiger partial charge is 0.111 e. The van der Waals surface area contributed by atoms with Gasteiger partial charge in [0.25, 0.3) is 0 Å². The Bertz CT molecular complexity index is 667. The Labute approximate surface area is 125 Å². The van der Waals surface area contributed by atoms with Crippen LogP contribution in [0, 0.1) is 18.3 Å². The van der Waals surface area contributed by atoms with Gasteiger partial charge in [-0.2, -0.15) is 5.26 Å². The average Bonchev–Trinajstić information content (AvgIpc) is 2.90. The van der Waals surface area contributed by atoms with Crippen LogP contribution in [0.1, 0.15) is 43.5 Å². The third-order valence-electron chi connectivity index (χ3n) is 4.51. The van der Waals surface area contributed by atoms with Gasteiger partial charge in [-0.3, -0.25) is 4.90 Å². The Kier molecular flexibility index (Phi) is 3.94. The van der Waals surface area contributed by atoms with Gasteiger partial charge in [-0.1, -0.05) is 6.07 Å². The summed E-state index contributed by atoms with van der Waals surface area (Å²) in [4.78, 5) is 10.7. The van der Waals surface area contributed by atoms with Crippen molar-refractivity contribution in [3.8, 4) is 6.07 Å². The molecule has 0 spiro atoms. The van der Waals surface area contributed by atoms with E-state index in [1.165, 1.54) is 18.4 Å². The van der Waals surface area contributed by atoms with Crippen LogP contribution >= 0.6 is 0 Å². The first-order valence-electron chi connectivity index (χ1n) is 7.74. The average molecular weight is 282 g/mol. The Balaban J connectivity index is 1.80. The second kappa shape index (κ2) is 5.87. The Morgan fingerprint density at radius 2 is 2.38 bits per heavy atom. The molecule has 4 heteroatoms. The zero-order valence-corrected chi connectivity index (χ0v) is 12.8. The molecule has 1 saturated heterocycles. The maximum absolute atomic E-state index is 8.88. The lowest BCUT2D eigenvalue weighted by atomic mass is 9.96. The van der Waals surface area contributed by atoms with E-state index < -0.39 is 0 Å². The molecular weight excluding hydrogens is 260 g/mol. The van der Waals surface area contributed by atoms with Crippen molar-refractivity contribution in [3.63, 3.8) is 0 Å². The van der Waals surface area contributed by atoms with Crippen molar-refractivity contribution >= 4 is 11.0 Å². The fourth-order valence-electron chi connectivity index (χ4n) is 3.23. The summed E-state index contributed by atoms with van der Waals surface area (Å²) in [7, 11) is 0. The molecule has 4 nitrogen and oxygen atoms in total. The van der Waals surface area contributed by atoms with Gasteiger partial charge in [-0.25, -0.2) is 4.98 Å². The monoisotopic (exact) mass is 282 g/mol. The normalized spacial score (nSPS) is 21.3. The van der Waals surface area contributed by atoms with Crippen molar-refractivity contribution in [1.29, 1.82) is 5.26 Å². The van der Waals surface area contributed by atoms with Crippen molar-refractivity contribution in [3.05, 3.63) is 29.6 Å². The van der Waals surface area contributed by atoms with Gasteiger partial charge < -0.3 is 4.98 Å². The van der Waals surface area contributed by atoms with Gasteiger partial charge in [0.05, 0.1) is 23.5 Å². The molecule has 2 atom stereocenters. The van der Waals surface area contributed by atoms with Gasteiger partial charge in [0.15, 0.2) is 0 Å². The number of H-pyrrole nitrogens is 1. The molecule has 2 heterocycles. The van der Waals surface area contributed by atoms with Crippen molar-refractivity contribution in [1.82, 2.24) is 14.9 Å². The molecule has 0 bridgehead atoms. The van der Waals surface area contributed by atoms with Crippen molar-refractivity contribution in [2.24, 2.45) is 0 Å². The first-order valence-corrected chi connectivity index (χ1v) is 7.74. The van der Waals surface area contributed by atoms with E-state index in [0.717, 1.165) is 29.9 Å². The number of nitriles is 1. The summed E-state index contributed by atoms with van der Waals surface area (Å²) in [6.07, 6.45) is 2.96. The lowest BCUT2D eigenvalue weighted by molar-refractivity contribution is 0.157. The van der Waals surface area contributed by atoms with Gasteiger partial charge in [0.1, 0.15) is 5.82 Å². The van der Waals surface area contributed by atoms with Crippen LogP contribution in [0.15, 0.2) is 18.2 Å². The van der Waals surface area contributed by atoms with Crippen LogP contribution in [0.5, 0.6) is 0 Å². The number of benzene rings is 1. The standard InChI is InChI=1S/C17H22N4/c1-12-5-6-15-16(10-12)20-17(19-15)14-4-3-9-21(11-14)13(2)7-8-18/h5-6,10,13-14H,3-4,7,9,11H2,1-2H3,(H,19,20)/t13-,14-/m0/s1. The number of hydrogen-bond donors (Lipinski definition) is 1. The summed E-state index contributed by atoms with van der Waals surface area (Å²) >= 11 is 0. The SMILES string of the molecule is Cc1ccc2nc([C@H]3CCCN([C@@H](C)CC#N)C3)[nH]c2c1. The van der Waals surface area contributed by atoms with Crippen LogP contribution in [-0.4, -0.2) is 34.0 Å². The molecule has 1 aromatic carbocycles. The molecule has 110 valence electrons. The zero-order valence-electron chi connectivity index (χ0n) is 12.8. The van der Waals surface area contributed by atoms with Crippen LogP contribution < -0.4 is 0 Å². The molecule has 0 radical (unpaired) electrons. The highest BCUT2D eigenvalue weighted by molar-refractivity contribution is 5.75. The van der Waals surface area contributed by atoms with Gasteiger partial charge in [0.2, 0.25) is 0 Å². The summed E-state index contributed by atoms with van der Waals surface area (Å²) in [5.41, 5.74) is 3.44. The maximum Gasteiger partial charge on any atom is 0.111 e. The number of aromatic nitrogens is 2. The predicted molar refractivity (Wildman–Crippen MR) is 84.1 cm³/mol. The van der Waals surface area contributed by atoms with Crippen molar-refractivity contribution < 1.29 is 0 Å². The van der Waals surface area contributed by atoms with Gasteiger partial charge in [-0.15, -0.1) is 0 Å². The number of nitrogens with one attached hydrogen (secondary N) is 1. The number of nitrogens with zero attached hydrogens (tertiary/aromatic N) is 3.